The Morgan fingerprint density at radius 3 is 2.95 bits per heavy atom. The Morgan fingerprint density at radius 1 is 1.41 bits per heavy atom. The number of aryl methyl sites for hydroxylation is 1. The first-order chi connectivity index (χ1) is 10.6. The van der Waals surface area contributed by atoms with E-state index in [2.05, 4.69) is 22.4 Å². The number of hydrogen-bond donors (Lipinski definition) is 2. The van der Waals surface area contributed by atoms with Crippen molar-refractivity contribution in [3.05, 3.63) is 34.6 Å². The lowest BCUT2D eigenvalue weighted by atomic mass is 10.1. The number of nitrogens with one attached hydrogen (secondary N) is 2. The van der Waals surface area contributed by atoms with E-state index in [1.165, 1.54) is 0 Å². The first kappa shape index (κ1) is 16.4. The number of nitrogens with zero attached hydrogens (tertiary/aromatic N) is 2. The van der Waals surface area contributed by atoms with Crippen molar-refractivity contribution >= 4 is 18.1 Å². The SMILES string of the molecule is CCCCCNC(=O)Cn1c(-c2cccc(C)c2)n[nH]c1=S. The minimum absolute atomic E-state index is 0.0393. The van der Waals surface area contributed by atoms with Gasteiger partial charge in [0.2, 0.25) is 5.91 Å². The van der Waals surface area contributed by atoms with Crippen LogP contribution in [0.1, 0.15) is 31.7 Å². The maximum Gasteiger partial charge on any atom is 0.240 e. The number of H-pyrrole nitrogens is 1. The Hall–Kier alpha value is -1.95. The molecule has 0 saturated carbocycles. The molecule has 0 bridgehead atoms. The number of hydrogen-bond acceptors (Lipinski definition) is 3. The Bertz CT molecular complexity index is 689. The van der Waals surface area contributed by atoms with Gasteiger partial charge in [0.1, 0.15) is 6.54 Å². The van der Waals surface area contributed by atoms with E-state index in [0.29, 0.717) is 17.1 Å². The fourth-order valence-electron chi connectivity index (χ4n) is 2.27. The van der Waals surface area contributed by atoms with Crippen LogP contribution in [-0.4, -0.2) is 27.2 Å². The van der Waals surface area contributed by atoms with Gasteiger partial charge in [-0.05, 0) is 31.6 Å². The molecule has 2 N–H and O–H groups in total. The zero-order chi connectivity index (χ0) is 15.9. The second-order valence-electron chi connectivity index (χ2n) is 5.37. The third-order valence-electron chi connectivity index (χ3n) is 3.44. The lowest BCUT2D eigenvalue weighted by Crippen LogP contribution is -2.28. The molecule has 1 amide bonds. The molecule has 0 atom stereocenters. The second kappa shape index (κ2) is 7.89. The fraction of sp³-hybridized carbons (Fsp3) is 0.438. The van der Waals surface area contributed by atoms with Crippen molar-refractivity contribution in [2.75, 3.05) is 6.54 Å². The van der Waals surface area contributed by atoms with Gasteiger partial charge >= 0.3 is 0 Å². The first-order valence-corrected chi connectivity index (χ1v) is 8.01. The number of unbranched alkanes of at least 4 members (excludes halogenated alkanes) is 2. The minimum atomic E-state index is -0.0393. The van der Waals surface area contributed by atoms with E-state index in [-0.39, 0.29) is 12.5 Å². The summed E-state index contributed by atoms with van der Waals surface area (Å²) in [6.45, 7) is 5.05. The Kier molecular flexibility index (Phi) is 5.89. The lowest BCUT2D eigenvalue weighted by Gasteiger charge is -2.08. The molecule has 118 valence electrons. The molecule has 2 rings (SSSR count). The molecule has 22 heavy (non-hydrogen) atoms. The molecule has 0 radical (unpaired) electrons. The second-order valence-corrected chi connectivity index (χ2v) is 5.75. The van der Waals surface area contributed by atoms with Crippen molar-refractivity contribution in [2.45, 2.75) is 39.7 Å². The number of aromatic nitrogens is 3. The number of benzene rings is 1. The monoisotopic (exact) mass is 318 g/mol. The van der Waals surface area contributed by atoms with Crippen molar-refractivity contribution in [2.24, 2.45) is 0 Å². The van der Waals surface area contributed by atoms with Gasteiger partial charge in [-0.1, -0.05) is 43.5 Å². The summed E-state index contributed by atoms with van der Waals surface area (Å²) in [5, 5.41) is 9.95. The van der Waals surface area contributed by atoms with E-state index in [4.69, 9.17) is 12.2 Å². The van der Waals surface area contributed by atoms with Crippen LogP contribution in [0.25, 0.3) is 11.4 Å². The minimum Gasteiger partial charge on any atom is -0.355 e. The van der Waals surface area contributed by atoms with Gasteiger partial charge in [-0.2, -0.15) is 5.10 Å². The van der Waals surface area contributed by atoms with E-state index in [1.807, 2.05) is 31.2 Å². The number of carbonyl (C=O) groups is 1. The number of carbonyl (C=O) groups excluding carboxylic acids is 1. The van der Waals surface area contributed by atoms with Crippen LogP contribution in [-0.2, 0) is 11.3 Å². The average Bonchev–Trinajstić information content (AvgIpc) is 2.85. The van der Waals surface area contributed by atoms with Crippen molar-refractivity contribution in [3.8, 4) is 11.4 Å². The highest BCUT2D eigenvalue weighted by molar-refractivity contribution is 7.71. The molecule has 0 aliphatic carbocycles. The topological polar surface area (TPSA) is 62.7 Å². The highest BCUT2D eigenvalue weighted by atomic mass is 32.1. The standard InChI is InChI=1S/C16H22N4OS/c1-3-4-5-9-17-14(21)11-20-15(18-19-16(20)22)13-8-6-7-12(2)10-13/h6-8,10H,3-5,9,11H2,1-2H3,(H,17,21)(H,19,22). The van der Waals surface area contributed by atoms with Gasteiger partial charge in [0.25, 0.3) is 0 Å². The molecular weight excluding hydrogens is 296 g/mol. The van der Waals surface area contributed by atoms with Crippen LogP contribution in [0.4, 0.5) is 0 Å². The third-order valence-corrected chi connectivity index (χ3v) is 3.75. The van der Waals surface area contributed by atoms with Crippen molar-refractivity contribution in [3.63, 3.8) is 0 Å². The van der Waals surface area contributed by atoms with Crippen molar-refractivity contribution in [1.82, 2.24) is 20.1 Å². The Balaban J connectivity index is 2.10. The molecule has 1 heterocycles. The fourth-order valence-corrected chi connectivity index (χ4v) is 2.47. The van der Waals surface area contributed by atoms with Crippen molar-refractivity contribution in [1.29, 1.82) is 0 Å². The summed E-state index contributed by atoms with van der Waals surface area (Å²) < 4.78 is 2.19. The molecular formula is C16H22N4OS. The van der Waals surface area contributed by atoms with E-state index < -0.39 is 0 Å². The van der Waals surface area contributed by atoms with Gasteiger partial charge in [-0.3, -0.25) is 14.5 Å². The zero-order valence-electron chi connectivity index (χ0n) is 13.1. The highest BCUT2D eigenvalue weighted by Gasteiger charge is 2.12. The van der Waals surface area contributed by atoms with Crippen LogP contribution in [0.2, 0.25) is 0 Å². The highest BCUT2D eigenvalue weighted by Crippen LogP contribution is 2.18. The van der Waals surface area contributed by atoms with Crippen LogP contribution in [0.3, 0.4) is 0 Å². The number of aromatic amines is 1. The van der Waals surface area contributed by atoms with E-state index in [9.17, 15) is 4.79 Å². The van der Waals surface area contributed by atoms with Gasteiger partial charge in [0.05, 0.1) is 0 Å². The third kappa shape index (κ3) is 4.27. The van der Waals surface area contributed by atoms with Crippen LogP contribution in [0, 0.1) is 11.7 Å². The summed E-state index contributed by atoms with van der Waals surface area (Å²) in [5.74, 6) is 0.653. The van der Waals surface area contributed by atoms with Crippen LogP contribution in [0.5, 0.6) is 0 Å². The molecule has 0 spiro atoms. The largest absolute Gasteiger partial charge is 0.355 e. The van der Waals surface area contributed by atoms with Gasteiger partial charge in [-0.25, -0.2) is 0 Å². The molecule has 0 saturated heterocycles. The lowest BCUT2D eigenvalue weighted by molar-refractivity contribution is -0.121. The summed E-state index contributed by atoms with van der Waals surface area (Å²) in [4.78, 5) is 12.1. The summed E-state index contributed by atoms with van der Waals surface area (Å²) in [5.41, 5.74) is 2.09. The molecule has 2 aromatic rings. The van der Waals surface area contributed by atoms with E-state index >= 15 is 0 Å². The van der Waals surface area contributed by atoms with Crippen LogP contribution >= 0.6 is 12.2 Å². The maximum atomic E-state index is 12.1. The Labute approximate surface area is 135 Å². The quantitative estimate of drug-likeness (QED) is 0.608. The predicted molar refractivity (Wildman–Crippen MR) is 90.1 cm³/mol. The average molecular weight is 318 g/mol. The number of amides is 1. The molecule has 5 nitrogen and oxygen atoms in total. The van der Waals surface area contributed by atoms with Gasteiger partial charge in [0.15, 0.2) is 10.6 Å². The molecule has 1 aromatic heterocycles. The molecule has 0 fully saturated rings. The van der Waals surface area contributed by atoms with E-state index in [1.54, 1.807) is 4.57 Å². The molecule has 0 aliphatic heterocycles. The number of rotatable bonds is 7. The van der Waals surface area contributed by atoms with Gasteiger partial charge < -0.3 is 5.32 Å². The summed E-state index contributed by atoms with van der Waals surface area (Å²) in [6, 6.07) is 7.99. The van der Waals surface area contributed by atoms with Gasteiger partial charge in [-0.15, -0.1) is 0 Å². The summed E-state index contributed by atoms with van der Waals surface area (Å²) >= 11 is 5.24. The van der Waals surface area contributed by atoms with Crippen molar-refractivity contribution < 1.29 is 4.79 Å². The van der Waals surface area contributed by atoms with E-state index in [0.717, 1.165) is 30.4 Å². The normalized spacial score (nSPS) is 10.6. The summed E-state index contributed by atoms with van der Waals surface area (Å²) in [6.07, 6.45) is 3.27. The molecule has 1 aromatic carbocycles. The Morgan fingerprint density at radius 2 is 2.23 bits per heavy atom. The maximum absolute atomic E-state index is 12.1. The summed E-state index contributed by atoms with van der Waals surface area (Å²) in [7, 11) is 0. The molecule has 0 unspecified atom stereocenters. The van der Waals surface area contributed by atoms with Crippen LogP contribution in [0.15, 0.2) is 24.3 Å². The zero-order valence-corrected chi connectivity index (χ0v) is 13.9. The van der Waals surface area contributed by atoms with Gasteiger partial charge in [0, 0.05) is 12.1 Å². The van der Waals surface area contributed by atoms with Crippen LogP contribution < -0.4 is 5.32 Å². The molecule has 0 aliphatic rings. The predicted octanol–water partition coefficient (Wildman–Crippen LogP) is 3.22. The smallest absolute Gasteiger partial charge is 0.240 e. The molecule has 6 heteroatoms. The first-order valence-electron chi connectivity index (χ1n) is 7.60.